The molecule has 0 fully saturated rings. The predicted molar refractivity (Wildman–Crippen MR) is 78.8 cm³/mol. The molecule has 0 atom stereocenters. The van der Waals surface area contributed by atoms with Gasteiger partial charge >= 0.3 is 0 Å². The van der Waals surface area contributed by atoms with Gasteiger partial charge in [0.1, 0.15) is 5.69 Å². The molecule has 0 radical (unpaired) electrons. The number of methoxy groups -OCH3 is 1. The third-order valence-corrected chi connectivity index (χ3v) is 3.37. The molecule has 1 aromatic carbocycles. The van der Waals surface area contributed by atoms with Crippen molar-refractivity contribution in [2.75, 3.05) is 7.11 Å². The molecule has 0 aliphatic rings. The number of hydrogen-bond acceptors (Lipinski definition) is 4. The van der Waals surface area contributed by atoms with E-state index in [0.717, 1.165) is 27.9 Å². The fourth-order valence-electron chi connectivity index (χ4n) is 2.11. The zero-order valence-corrected chi connectivity index (χ0v) is 11.7. The van der Waals surface area contributed by atoms with Gasteiger partial charge in [0.05, 0.1) is 12.6 Å². The Kier molecular flexibility index (Phi) is 3.06. The highest BCUT2D eigenvalue weighted by atomic mass is 16.5. The number of rotatable bonds is 2. The first-order valence-electron chi connectivity index (χ1n) is 6.44. The molecule has 0 spiro atoms. The van der Waals surface area contributed by atoms with E-state index in [4.69, 9.17) is 4.74 Å². The quantitative estimate of drug-likeness (QED) is 0.713. The van der Waals surface area contributed by atoms with Crippen LogP contribution in [-0.2, 0) is 0 Å². The van der Waals surface area contributed by atoms with E-state index in [1.807, 2.05) is 50.2 Å². The van der Waals surface area contributed by atoms with E-state index in [1.165, 1.54) is 0 Å². The molecule has 3 rings (SSSR count). The summed E-state index contributed by atoms with van der Waals surface area (Å²) in [7, 11) is 1.62. The van der Waals surface area contributed by atoms with E-state index >= 15 is 0 Å². The van der Waals surface area contributed by atoms with Gasteiger partial charge in [-0.3, -0.25) is 0 Å². The third kappa shape index (κ3) is 2.09. The molecule has 0 N–H and O–H groups in total. The normalized spacial score (nSPS) is 10.8. The Bertz CT molecular complexity index is 784. The van der Waals surface area contributed by atoms with Gasteiger partial charge in [-0.25, -0.2) is 9.97 Å². The Balaban J connectivity index is 2.17. The van der Waals surface area contributed by atoms with Crippen LogP contribution in [0.4, 0.5) is 0 Å². The van der Waals surface area contributed by atoms with Crippen molar-refractivity contribution >= 4 is 10.9 Å². The zero-order valence-electron chi connectivity index (χ0n) is 11.7. The number of nitrogens with zero attached hydrogens (tertiary/aromatic N) is 3. The minimum atomic E-state index is 0.593. The molecule has 4 nitrogen and oxygen atoms in total. The second kappa shape index (κ2) is 4.89. The van der Waals surface area contributed by atoms with Gasteiger partial charge < -0.3 is 4.74 Å². The van der Waals surface area contributed by atoms with Crippen molar-refractivity contribution in [1.82, 2.24) is 15.0 Å². The van der Waals surface area contributed by atoms with E-state index in [1.54, 1.807) is 7.11 Å². The number of fused-ring (bicyclic) bond motifs is 1. The predicted octanol–water partition coefficient (Wildman–Crippen LogP) is 3.32. The van der Waals surface area contributed by atoms with E-state index in [2.05, 4.69) is 15.0 Å². The lowest BCUT2D eigenvalue weighted by molar-refractivity contribution is 0.393. The highest BCUT2D eigenvalue weighted by molar-refractivity contribution is 5.80. The number of aromatic nitrogens is 3. The third-order valence-electron chi connectivity index (χ3n) is 3.37. The standard InChI is InChI=1S/C16H15N3O/c1-10-11(2)17-15(19-16(10)20-3)14-9-8-12-6-4-5-7-13(12)18-14/h4-9H,1-3H3. The number of aryl methyl sites for hydroxylation is 1. The first kappa shape index (κ1) is 12.5. The van der Waals surface area contributed by atoms with E-state index in [-0.39, 0.29) is 0 Å². The minimum Gasteiger partial charge on any atom is -0.481 e. The summed E-state index contributed by atoms with van der Waals surface area (Å²) in [6, 6.07) is 12.0. The average Bonchev–Trinajstić information content (AvgIpc) is 2.49. The molecule has 2 heterocycles. The maximum atomic E-state index is 5.30. The molecule has 0 bridgehead atoms. The fourth-order valence-corrected chi connectivity index (χ4v) is 2.11. The number of benzene rings is 1. The van der Waals surface area contributed by atoms with E-state index in [0.29, 0.717) is 11.7 Å². The summed E-state index contributed by atoms with van der Waals surface area (Å²) < 4.78 is 5.30. The lowest BCUT2D eigenvalue weighted by atomic mass is 10.2. The number of pyridine rings is 1. The van der Waals surface area contributed by atoms with Crippen LogP contribution in [0.2, 0.25) is 0 Å². The Morgan fingerprint density at radius 1 is 0.900 bits per heavy atom. The summed E-state index contributed by atoms with van der Waals surface area (Å²) >= 11 is 0. The van der Waals surface area contributed by atoms with Gasteiger partial charge in [0.25, 0.3) is 0 Å². The van der Waals surface area contributed by atoms with Crippen LogP contribution in [0.15, 0.2) is 36.4 Å². The van der Waals surface area contributed by atoms with Gasteiger partial charge in [0, 0.05) is 16.6 Å². The van der Waals surface area contributed by atoms with Crippen molar-refractivity contribution in [3.05, 3.63) is 47.7 Å². The average molecular weight is 265 g/mol. The smallest absolute Gasteiger partial charge is 0.219 e. The number of para-hydroxylation sites is 1. The van der Waals surface area contributed by atoms with Gasteiger partial charge in [0.2, 0.25) is 5.88 Å². The summed E-state index contributed by atoms with van der Waals surface area (Å²) in [4.78, 5) is 13.5. The molecular weight excluding hydrogens is 250 g/mol. The van der Waals surface area contributed by atoms with Crippen LogP contribution in [-0.4, -0.2) is 22.1 Å². The zero-order chi connectivity index (χ0) is 14.1. The molecule has 0 aliphatic carbocycles. The molecule has 100 valence electrons. The Hall–Kier alpha value is -2.49. The molecule has 20 heavy (non-hydrogen) atoms. The molecule has 3 aromatic rings. The van der Waals surface area contributed by atoms with Crippen molar-refractivity contribution < 1.29 is 4.74 Å². The van der Waals surface area contributed by atoms with Gasteiger partial charge in [-0.15, -0.1) is 0 Å². The summed E-state index contributed by atoms with van der Waals surface area (Å²) in [5, 5.41) is 1.10. The van der Waals surface area contributed by atoms with Crippen LogP contribution in [0.1, 0.15) is 11.3 Å². The van der Waals surface area contributed by atoms with Crippen molar-refractivity contribution in [1.29, 1.82) is 0 Å². The lowest BCUT2D eigenvalue weighted by Gasteiger charge is -2.09. The maximum Gasteiger partial charge on any atom is 0.219 e. The summed E-state index contributed by atoms with van der Waals surface area (Å²) in [5.74, 6) is 1.19. The van der Waals surface area contributed by atoms with Crippen molar-refractivity contribution in [2.24, 2.45) is 0 Å². The molecular formula is C16H15N3O. The first-order valence-corrected chi connectivity index (χ1v) is 6.44. The second-order valence-corrected chi connectivity index (χ2v) is 4.66. The highest BCUT2D eigenvalue weighted by Crippen LogP contribution is 2.23. The van der Waals surface area contributed by atoms with Crippen LogP contribution in [0.3, 0.4) is 0 Å². The number of ether oxygens (including phenoxy) is 1. The summed E-state index contributed by atoms with van der Waals surface area (Å²) in [6.45, 7) is 3.90. The molecule has 4 heteroatoms. The van der Waals surface area contributed by atoms with Crippen LogP contribution >= 0.6 is 0 Å². The maximum absolute atomic E-state index is 5.30. The Morgan fingerprint density at radius 3 is 2.50 bits per heavy atom. The summed E-state index contributed by atoms with van der Waals surface area (Å²) in [6.07, 6.45) is 0. The number of hydrogen-bond donors (Lipinski definition) is 0. The molecule has 0 unspecified atom stereocenters. The molecule has 2 aromatic heterocycles. The fraction of sp³-hybridized carbons (Fsp3) is 0.188. The van der Waals surface area contributed by atoms with Crippen molar-refractivity contribution in [3.63, 3.8) is 0 Å². The SMILES string of the molecule is COc1nc(-c2ccc3ccccc3n2)nc(C)c1C. The summed E-state index contributed by atoms with van der Waals surface area (Å²) in [5.41, 5.74) is 3.55. The monoisotopic (exact) mass is 265 g/mol. The van der Waals surface area contributed by atoms with Crippen LogP contribution in [0.25, 0.3) is 22.4 Å². The topological polar surface area (TPSA) is 47.9 Å². The molecule has 0 saturated heterocycles. The van der Waals surface area contributed by atoms with Crippen molar-refractivity contribution in [2.45, 2.75) is 13.8 Å². The minimum absolute atomic E-state index is 0.593. The van der Waals surface area contributed by atoms with E-state index in [9.17, 15) is 0 Å². The Labute approximate surface area is 117 Å². The molecule has 0 saturated carbocycles. The molecule has 0 aliphatic heterocycles. The van der Waals surface area contributed by atoms with Crippen LogP contribution < -0.4 is 4.74 Å². The first-order chi connectivity index (χ1) is 9.69. The van der Waals surface area contributed by atoms with Crippen LogP contribution in [0.5, 0.6) is 5.88 Å². The van der Waals surface area contributed by atoms with Gasteiger partial charge in [-0.1, -0.05) is 24.3 Å². The van der Waals surface area contributed by atoms with Crippen molar-refractivity contribution in [3.8, 4) is 17.4 Å². The second-order valence-electron chi connectivity index (χ2n) is 4.66. The lowest BCUT2D eigenvalue weighted by Crippen LogP contribution is -2.01. The van der Waals surface area contributed by atoms with Gasteiger partial charge in [-0.2, -0.15) is 4.98 Å². The van der Waals surface area contributed by atoms with Gasteiger partial charge in [0.15, 0.2) is 5.82 Å². The largest absolute Gasteiger partial charge is 0.481 e. The van der Waals surface area contributed by atoms with Crippen LogP contribution in [0, 0.1) is 13.8 Å². The van der Waals surface area contributed by atoms with E-state index < -0.39 is 0 Å². The van der Waals surface area contributed by atoms with Gasteiger partial charge in [-0.05, 0) is 26.0 Å². The highest BCUT2D eigenvalue weighted by Gasteiger charge is 2.11. The Morgan fingerprint density at radius 2 is 1.70 bits per heavy atom. The molecule has 0 amide bonds.